The molecule has 2 atom stereocenters. The molecule has 0 amide bonds. The summed E-state index contributed by atoms with van der Waals surface area (Å²) >= 11 is -1.66. The van der Waals surface area contributed by atoms with Crippen molar-refractivity contribution < 1.29 is 20.4 Å². The molecular weight excluding hydrogens is 406 g/mol. The summed E-state index contributed by atoms with van der Waals surface area (Å²) in [6.07, 6.45) is 4.97. The van der Waals surface area contributed by atoms with Gasteiger partial charge in [-0.05, 0) is 0 Å². The Labute approximate surface area is 157 Å². The van der Waals surface area contributed by atoms with Gasteiger partial charge in [-0.3, -0.25) is 0 Å². The van der Waals surface area contributed by atoms with Crippen LogP contribution in [-0.2, 0) is 20.4 Å². The second-order valence-electron chi connectivity index (χ2n) is 6.76. The summed E-state index contributed by atoms with van der Waals surface area (Å²) in [5.41, 5.74) is 6.20. The summed E-state index contributed by atoms with van der Waals surface area (Å²) in [6, 6.07) is 0. The van der Waals surface area contributed by atoms with Crippen molar-refractivity contribution in [2.75, 3.05) is 0 Å². The maximum absolute atomic E-state index is 2.57. The molecule has 0 aromatic rings. The maximum Gasteiger partial charge on any atom is -0.147 e. The van der Waals surface area contributed by atoms with Gasteiger partial charge < -0.3 is 0 Å². The van der Waals surface area contributed by atoms with Crippen molar-refractivity contribution in [2.24, 2.45) is 11.8 Å². The van der Waals surface area contributed by atoms with E-state index in [1.165, 1.54) is 0 Å². The van der Waals surface area contributed by atoms with Gasteiger partial charge in [-0.15, -0.1) is 24.8 Å². The molecule has 4 heteroatoms. The molecule has 0 aromatic carbocycles. The predicted molar refractivity (Wildman–Crippen MR) is 103 cm³/mol. The Morgan fingerprint density at radius 1 is 0.955 bits per heavy atom. The van der Waals surface area contributed by atoms with E-state index >= 15 is 0 Å². The van der Waals surface area contributed by atoms with E-state index in [1.54, 1.807) is 22.3 Å². The fraction of sp³-hybridized carbons (Fsp3) is 0.556. The van der Waals surface area contributed by atoms with E-state index in [2.05, 4.69) is 66.8 Å². The van der Waals surface area contributed by atoms with Crippen molar-refractivity contribution in [3.8, 4) is 0 Å². The van der Waals surface area contributed by atoms with E-state index in [-0.39, 0.29) is 30.2 Å². The molecule has 0 saturated heterocycles. The fourth-order valence-corrected chi connectivity index (χ4v) is 23.9. The van der Waals surface area contributed by atoms with Gasteiger partial charge in [0.2, 0.25) is 0 Å². The van der Waals surface area contributed by atoms with Gasteiger partial charge in [0.1, 0.15) is 0 Å². The van der Waals surface area contributed by atoms with Crippen LogP contribution in [0.1, 0.15) is 41.5 Å². The number of allylic oxidation sites excluding steroid dienone is 8. The monoisotopic (exact) mass is 434 g/mol. The molecule has 124 valence electrons. The summed E-state index contributed by atoms with van der Waals surface area (Å²) in [4.78, 5) is 0. The van der Waals surface area contributed by atoms with Crippen LogP contribution in [0.25, 0.3) is 0 Å². The van der Waals surface area contributed by atoms with Crippen molar-refractivity contribution in [1.82, 2.24) is 0 Å². The summed E-state index contributed by atoms with van der Waals surface area (Å²) in [6.45, 7) is 19.4. The molecule has 0 nitrogen and oxygen atoms in total. The third-order valence-corrected chi connectivity index (χ3v) is 23.3. The Bertz CT molecular complexity index is 617. The van der Waals surface area contributed by atoms with Gasteiger partial charge in [-0.25, -0.2) is 0 Å². The van der Waals surface area contributed by atoms with Crippen LogP contribution >= 0.6 is 24.8 Å². The summed E-state index contributed by atoms with van der Waals surface area (Å²) in [5.74, 6) is 1.43. The molecule has 2 rings (SSSR count). The Morgan fingerprint density at radius 2 is 1.50 bits per heavy atom. The van der Waals surface area contributed by atoms with Gasteiger partial charge in [0.05, 0.1) is 0 Å². The SMILES string of the molecule is CC1=CC(C)[C]([Zr]([C]2=C(C)C=C(C)C2C)=[Si](C)C)=C1C.Cl.Cl. The van der Waals surface area contributed by atoms with Crippen LogP contribution in [-0.4, -0.2) is 5.43 Å². The van der Waals surface area contributed by atoms with Gasteiger partial charge >= 0.3 is 133 Å². The van der Waals surface area contributed by atoms with E-state index in [4.69, 9.17) is 0 Å². The van der Waals surface area contributed by atoms with Crippen LogP contribution in [0.3, 0.4) is 0 Å². The zero-order valence-electron chi connectivity index (χ0n) is 15.1. The van der Waals surface area contributed by atoms with Crippen molar-refractivity contribution in [3.63, 3.8) is 0 Å². The van der Waals surface area contributed by atoms with Gasteiger partial charge in [0.25, 0.3) is 0 Å². The Balaban J connectivity index is 0.00000220. The third kappa shape index (κ3) is 4.00. The minimum absolute atomic E-state index is 0. The van der Waals surface area contributed by atoms with Crippen LogP contribution < -0.4 is 0 Å². The first-order valence-corrected chi connectivity index (χ1v) is 16.4. The third-order valence-electron chi connectivity index (χ3n) is 4.97. The Hall–Kier alpha value is 0.640. The molecule has 0 bridgehead atoms. The van der Waals surface area contributed by atoms with E-state index in [0.717, 1.165) is 5.92 Å². The number of hydrogen-bond donors (Lipinski definition) is 0. The summed E-state index contributed by atoms with van der Waals surface area (Å²) < 4.78 is 3.82. The van der Waals surface area contributed by atoms with Gasteiger partial charge in [-0.2, -0.15) is 0 Å². The second kappa shape index (κ2) is 8.65. The fourth-order valence-electron chi connectivity index (χ4n) is 3.76. The first-order chi connectivity index (χ1) is 9.25. The van der Waals surface area contributed by atoms with Crippen LogP contribution in [0.4, 0.5) is 0 Å². The molecule has 0 radical (unpaired) electrons. The molecule has 0 spiro atoms. The molecule has 0 aliphatic heterocycles. The molecule has 22 heavy (non-hydrogen) atoms. The largest absolute Gasteiger partial charge is 0.147 e. The van der Waals surface area contributed by atoms with Crippen molar-refractivity contribution in [1.29, 1.82) is 0 Å². The van der Waals surface area contributed by atoms with Crippen LogP contribution in [0.2, 0.25) is 13.1 Å². The van der Waals surface area contributed by atoms with Crippen molar-refractivity contribution in [2.45, 2.75) is 54.6 Å². The first kappa shape index (κ1) is 22.6. The zero-order valence-corrected chi connectivity index (χ0v) is 20.2. The van der Waals surface area contributed by atoms with Crippen LogP contribution in [0.15, 0.2) is 41.0 Å². The van der Waals surface area contributed by atoms with E-state index < -0.39 is 20.4 Å². The minimum atomic E-state index is -1.66. The molecule has 2 aliphatic carbocycles. The van der Waals surface area contributed by atoms with E-state index in [9.17, 15) is 0 Å². The molecule has 2 unspecified atom stereocenters. The zero-order chi connectivity index (χ0) is 15.2. The number of rotatable bonds is 2. The standard InChI is InChI=1S/2C8H11.C2H6Si.2ClH.Zr/c2*1-6-4-7(2)8(3)5-6;1-3-2;;;/h4,8H,1-3H3;4,6H,1-3H3;1-2H3;2*1H;. The average Bonchev–Trinajstić information content (AvgIpc) is 2.72. The molecule has 0 aromatic heterocycles. The smallest absolute Gasteiger partial charge is 0.147 e. The minimum Gasteiger partial charge on any atom is -0.147 e. The van der Waals surface area contributed by atoms with Gasteiger partial charge in [0.15, 0.2) is 0 Å². The van der Waals surface area contributed by atoms with E-state index in [0.29, 0.717) is 5.92 Å². The van der Waals surface area contributed by atoms with Crippen LogP contribution in [0.5, 0.6) is 0 Å². The van der Waals surface area contributed by atoms with Crippen LogP contribution in [0, 0.1) is 11.8 Å². The molecule has 2 aliphatic rings. The molecular formula is C18H30Cl2SiZr. The molecule has 0 N–H and O–H groups in total. The number of hydrogen-bond acceptors (Lipinski definition) is 0. The van der Waals surface area contributed by atoms with Crippen molar-refractivity contribution in [3.05, 3.63) is 41.0 Å². The summed E-state index contributed by atoms with van der Waals surface area (Å²) in [7, 11) is 0. The Morgan fingerprint density at radius 3 is 1.82 bits per heavy atom. The topological polar surface area (TPSA) is 0 Å². The van der Waals surface area contributed by atoms with Crippen molar-refractivity contribution >= 4 is 30.2 Å². The van der Waals surface area contributed by atoms with Gasteiger partial charge in [-0.1, -0.05) is 0 Å². The molecule has 0 saturated carbocycles. The average molecular weight is 437 g/mol. The summed E-state index contributed by atoms with van der Waals surface area (Å²) in [5, 5.41) is 0. The predicted octanol–water partition coefficient (Wildman–Crippen LogP) is 6.44. The molecule has 0 fully saturated rings. The quantitative estimate of drug-likeness (QED) is 0.437. The molecule has 0 heterocycles. The maximum atomic E-state index is 2.57. The van der Waals surface area contributed by atoms with E-state index in [1.807, 2.05) is 6.56 Å². The van der Waals surface area contributed by atoms with Gasteiger partial charge in [0, 0.05) is 0 Å². The normalized spacial score (nSPS) is 23.8. The first-order valence-electron chi connectivity index (χ1n) is 7.72. The second-order valence-corrected chi connectivity index (χ2v) is 23.6. The Kier molecular flexibility index (Phi) is 8.90. The number of halogens is 2.